The maximum atomic E-state index is 10.6. The molecule has 0 unspecified atom stereocenters. The maximum Gasteiger partial charge on any atom is 0.171 e. The summed E-state index contributed by atoms with van der Waals surface area (Å²) in [5.41, 5.74) is -0.240. The van der Waals surface area contributed by atoms with E-state index in [1.807, 2.05) is 18.5 Å². The minimum Gasteiger partial charge on any atom is -0.389 e. The molecule has 0 radical (unpaired) electrons. The Kier molecular flexibility index (Phi) is 4.91. The van der Waals surface area contributed by atoms with Gasteiger partial charge in [0, 0.05) is 6.54 Å². The van der Waals surface area contributed by atoms with E-state index < -0.39 is 11.9 Å². The van der Waals surface area contributed by atoms with Crippen LogP contribution in [0.15, 0.2) is 0 Å². The van der Waals surface area contributed by atoms with E-state index in [0.717, 1.165) is 25.2 Å². The zero-order chi connectivity index (χ0) is 18.4. The average Bonchev–Trinajstić information content (AvgIpc) is 3.08. The Morgan fingerprint density at radius 2 is 1.92 bits per heavy atom. The molecule has 8 heteroatoms. The summed E-state index contributed by atoms with van der Waals surface area (Å²) < 4.78 is 14.1. The van der Waals surface area contributed by atoms with Gasteiger partial charge in [-0.2, -0.15) is 0 Å². The Morgan fingerprint density at radius 3 is 2.56 bits per heavy atom. The van der Waals surface area contributed by atoms with Gasteiger partial charge in [-0.05, 0) is 58.0 Å². The third-order valence-corrected chi connectivity index (χ3v) is 4.86. The fourth-order valence-corrected chi connectivity index (χ4v) is 3.78. The van der Waals surface area contributed by atoms with Gasteiger partial charge in [-0.3, -0.25) is 4.90 Å². The number of aliphatic hydroxyl groups excluding tert-OH is 1. The van der Waals surface area contributed by atoms with Crippen molar-refractivity contribution in [2.45, 2.75) is 90.1 Å². The summed E-state index contributed by atoms with van der Waals surface area (Å²) in [6, 6.07) is -0.143. The molecule has 0 aromatic carbocycles. The number of unbranched alkanes of at least 4 members (excludes halogenated alkanes) is 1. The number of tetrazole rings is 1. The Labute approximate surface area is 149 Å². The van der Waals surface area contributed by atoms with Crippen molar-refractivity contribution in [1.29, 1.82) is 0 Å². The fraction of sp³-hybridized carbons (Fsp3) is 0.941. The molecule has 1 aromatic rings. The third-order valence-electron chi connectivity index (χ3n) is 4.86. The first kappa shape index (κ1) is 18.7. The van der Waals surface area contributed by atoms with Crippen molar-refractivity contribution in [2.24, 2.45) is 0 Å². The zero-order valence-electron chi connectivity index (χ0n) is 16.1. The van der Waals surface area contributed by atoms with E-state index in [4.69, 9.17) is 9.47 Å². The standard InChI is InChI=1S/C17H31N5O3/c1-7-8-9-21-10-11(23)13-14(25-17(5,6)24-13)12(21)15-18-19-20-22(15)16(2,3)4/h11-14,23H,7-10H2,1-6H3/t11-,12-,13-,14+/m0/s1. The highest BCUT2D eigenvalue weighted by molar-refractivity contribution is 5.09. The average molecular weight is 353 g/mol. The number of fused-ring (bicyclic) bond motifs is 1. The Hall–Kier alpha value is -1.09. The number of aromatic nitrogens is 4. The van der Waals surface area contributed by atoms with Gasteiger partial charge < -0.3 is 14.6 Å². The molecular formula is C17H31N5O3. The van der Waals surface area contributed by atoms with Crippen LogP contribution in [0, 0.1) is 0 Å². The van der Waals surface area contributed by atoms with E-state index in [9.17, 15) is 5.11 Å². The van der Waals surface area contributed by atoms with Gasteiger partial charge in [0.1, 0.15) is 18.2 Å². The molecule has 8 nitrogen and oxygen atoms in total. The Morgan fingerprint density at radius 1 is 1.24 bits per heavy atom. The molecule has 4 atom stereocenters. The topological polar surface area (TPSA) is 85.5 Å². The molecule has 0 spiro atoms. The van der Waals surface area contributed by atoms with Gasteiger partial charge in [-0.25, -0.2) is 4.68 Å². The van der Waals surface area contributed by atoms with Gasteiger partial charge in [0.15, 0.2) is 11.6 Å². The van der Waals surface area contributed by atoms with Crippen LogP contribution in [0.4, 0.5) is 0 Å². The number of likely N-dealkylation sites (tertiary alicyclic amines) is 1. The monoisotopic (exact) mass is 353 g/mol. The van der Waals surface area contributed by atoms with Crippen molar-refractivity contribution in [1.82, 2.24) is 25.1 Å². The number of rotatable bonds is 4. The maximum absolute atomic E-state index is 10.6. The lowest BCUT2D eigenvalue weighted by Crippen LogP contribution is -2.56. The van der Waals surface area contributed by atoms with Crippen molar-refractivity contribution in [3.63, 3.8) is 0 Å². The van der Waals surface area contributed by atoms with Crippen LogP contribution in [0.1, 0.15) is 66.3 Å². The van der Waals surface area contributed by atoms with Crippen molar-refractivity contribution < 1.29 is 14.6 Å². The van der Waals surface area contributed by atoms with E-state index in [1.54, 1.807) is 0 Å². The van der Waals surface area contributed by atoms with Crippen molar-refractivity contribution in [3.05, 3.63) is 5.82 Å². The molecule has 2 aliphatic heterocycles. The van der Waals surface area contributed by atoms with Gasteiger partial charge in [0.25, 0.3) is 0 Å². The van der Waals surface area contributed by atoms with Crippen LogP contribution in [0.3, 0.4) is 0 Å². The predicted molar refractivity (Wildman–Crippen MR) is 91.9 cm³/mol. The summed E-state index contributed by atoms with van der Waals surface area (Å²) in [5, 5.41) is 23.1. The zero-order valence-corrected chi connectivity index (χ0v) is 16.1. The molecule has 0 saturated carbocycles. The predicted octanol–water partition coefficient (Wildman–Crippen LogP) is 1.47. The summed E-state index contributed by atoms with van der Waals surface area (Å²) in [7, 11) is 0. The highest BCUT2D eigenvalue weighted by Gasteiger charge is 2.55. The molecule has 2 saturated heterocycles. The summed E-state index contributed by atoms with van der Waals surface area (Å²) in [6.45, 7) is 13.6. The van der Waals surface area contributed by atoms with E-state index in [0.29, 0.717) is 6.54 Å². The minimum absolute atomic E-state index is 0.143. The van der Waals surface area contributed by atoms with Crippen LogP contribution in [-0.4, -0.2) is 67.4 Å². The van der Waals surface area contributed by atoms with Crippen LogP contribution in [0.5, 0.6) is 0 Å². The summed E-state index contributed by atoms with van der Waals surface area (Å²) in [4.78, 5) is 2.24. The SMILES string of the molecule is CCCCN1C[C@H](O)[C@@H]2OC(C)(C)O[C@@H]2[C@H]1c1nnnn1C(C)(C)C. The third kappa shape index (κ3) is 3.58. The molecular weight excluding hydrogens is 322 g/mol. The van der Waals surface area contributed by atoms with Crippen molar-refractivity contribution >= 4 is 0 Å². The van der Waals surface area contributed by atoms with Gasteiger partial charge in [0.05, 0.1) is 11.6 Å². The largest absolute Gasteiger partial charge is 0.389 e. The second-order valence-corrected chi connectivity index (χ2v) is 8.55. The number of hydrogen-bond donors (Lipinski definition) is 1. The first-order valence-corrected chi connectivity index (χ1v) is 9.20. The highest BCUT2D eigenvalue weighted by atomic mass is 16.8. The molecule has 0 amide bonds. The summed E-state index contributed by atoms with van der Waals surface area (Å²) in [6.07, 6.45) is 0.868. The molecule has 1 aromatic heterocycles. The smallest absolute Gasteiger partial charge is 0.171 e. The molecule has 2 fully saturated rings. The molecule has 1 N–H and O–H groups in total. The van der Waals surface area contributed by atoms with Crippen LogP contribution >= 0.6 is 0 Å². The van der Waals surface area contributed by atoms with Gasteiger partial charge in [0.2, 0.25) is 0 Å². The Balaban J connectivity index is 2.00. The molecule has 25 heavy (non-hydrogen) atoms. The molecule has 0 bridgehead atoms. The quantitative estimate of drug-likeness (QED) is 0.877. The number of aliphatic hydroxyl groups is 1. The van der Waals surface area contributed by atoms with E-state index in [2.05, 4.69) is 48.1 Å². The Bertz CT molecular complexity index is 597. The van der Waals surface area contributed by atoms with E-state index >= 15 is 0 Å². The summed E-state index contributed by atoms with van der Waals surface area (Å²) in [5.74, 6) is 0.0433. The summed E-state index contributed by atoms with van der Waals surface area (Å²) >= 11 is 0. The van der Waals surface area contributed by atoms with E-state index in [1.165, 1.54) is 0 Å². The van der Waals surface area contributed by atoms with Crippen LogP contribution in [-0.2, 0) is 15.0 Å². The van der Waals surface area contributed by atoms with Gasteiger partial charge in [-0.15, -0.1) is 5.10 Å². The van der Waals surface area contributed by atoms with Crippen molar-refractivity contribution in [3.8, 4) is 0 Å². The second-order valence-electron chi connectivity index (χ2n) is 8.55. The van der Waals surface area contributed by atoms with Gasteiger partial charge >= 0.3 is 0 Å². The number of β-amino-alcohol motifs (C(OH)–C–C–N with tert-alkyl or cyclic N) is 1. The van der Waals surface area contributed by atoms with Crippen LogP contribution < -0.4 is 0 Å². The fourth-order valence-electron chi connectivity index (χ4n) is 3.78. The number of ether oxygens (including phenoxy) is 2. The number of hydrogen-bond acceptors (Lipinski definition) is 7. The molecule has 142 valence electrons. The first-order valence-electron chi connectivity index (χ1n) is 9.20. The number of nitrogens with zero attached hydrogens (tertiary/aromatic N) is 5. The minimum atomic E-state index is -0.727. The van der Waals surface area contributed by atoms with Crippen LogP contribution in [0.2, 0.25) is 0 Å². The lowest BCUT2D eigenvalue weighted by atomic mass is 9.92. The lowest BCUT2D eigenvalue weighted by molar-refractivity contribution is -0.153. The van der Waals surface area contributed by atoms with Crippen LogP contribution in [0.25, 0.3) is 0 Å². The van der Waals surface area contributed by atoms with E-state index in [-0.39, 0.29) is 23.8 Å². The molecule has 3 heterocycles. The molecule has 3 rings (SSSR count). The first-order chi connectivity index (χ1) is 11.6. The highest BCUT2D eigenvalue weighted by Crippen LogP contribution is 2.42. The lowest BCUT2D eigenvalue weighted by Gasteiger charge is -2.43. The molecule has 0 aliphatic carbocycles. The number of piperidine rings is 1. The normalized spacial score (nSPS) is 32.8. The second kappa shape index (κ2) is 6.57. The molecule has 2 aliphatic rings. The van der Waals surface area contributed by atoms with Gasteiger partial charge in [-0.1, -0.05) is 13.3 Å². The van der Waals surface area contributed by atoms with Crippen molar-refractivity contribution in [2.75, 3.05) is 13.1 Å².